The van der Waals surface area contributed by atoms with Gasteiger partial charge in [-0.15, -0.1) is 0 Å². The molecule has 1 N–H and O–H groups in total. The van der Waals surface area contributed by atoms with E-state index >= 15 is 0 Å². The smallest absolute Gasteiger partial charge is 0.417 e. The Kier molecular flexibility index (Phi) is 5.74. The maximum atomic E-state index is 13.3. The number of halogens is 3. The predicted molar refractivity (Wildman–Crippen MR) is 138 cm³/mol. The lowest BCUT2D eigenvalue weighted by Crippen LogP contribution is -2.28. The first kappa shape index (κ1) is 25.3. The maximum absolute atomic E-state index is 13.3. The first-order chi connectivity index (χ1) is 19.0. The summed E-state index contributed by atoms with van der Waals surface area (Å²) in [7, 11) is 4.55. The Bertz CT molecular complexity index is 1850. The number of ether oxygens (including phenoxy) is 1. The number of pyridine rings is 2. The van der Waals surface area contributed by atoms with Crippen LogP contribution in [-0.4, -0.2) is 46.7 Å². The first-order valence-electron chi connectivity index (χ1n) is 12.2. The molecule has 0 radical (unpaired) electrons. The van der Waals surface area contributed by atoms with Gasteiger partial charge in [-0.1, -0.05) is 0 Å². The third-order valence-corrected chi connectivity index (χ3v) is 6.65. The van der Waals surface area contributed by atoms with Crippen molar-refractivity contribution in [3.8, 4) is 11.5 Å². The summed E-state index contributed by atoms with van der Waals surface area (Å²) in [5, 5.41) is 7.00. The highest BCUT2D eigenvalue weighted by atomic mass is 19.4. The zero-order valence-corrected chi connectivity index (χ0v) is 21.5. The van der Waals surface area contributed by atoms with E-state index in [-0.39, 0.29) is 29.1 Å². The fourth-order valence-electron chi connectivity index (χ4n) is 4.24. The maximum Gasteiger partial charge on any atom is 0.417 e. The van der Waals surface area contributed by atoms with Crippen LogP contribution in [0.15, 0.2) is 47.9 Å². The summed E-state index contributed by atoms with van der Waals surface area (Å²) in [6.07, 6.45) is 4.03. The molecule has 1 amide bonds. The third kappa shape index (κ3) is 4.48. The molecule has 5 aromatic rings. The van der Waals surface area contributed by atoms with Crippen molar-refractivity contribution in [1.82, 2.24) is 33.7 Å². The van der Waals surface area contributed by atoms with Gasteiger partial charge in [0.15, 0.2) is 17.2 Å². The number of alkyl halides is 3. The second-order valence-corrected chi connectivity index (χ2v) is 9.55. The van der Waals surface area contributed by atoms with Crippen LogP contribution in [0.3, 0.4) is 0 Å². The molecule has 0 bridgehead atoms. The van der Waals surface area contributed by atoms with Gasteiger partial charge in [0.1, 0.15) is 17.0 Å². The number of hydrogen-bond donors (Lipinski definition) is 1. The molecule has 6 rings (SSSR count). The predicted octanol–water partition coefficient (Wildman–Crippen LogP) is 3.64. The summed E-state index contributed by atoms with van der Waals surface area (Å²) >= 11 is 0. The molecule has 5 aromatic heterocycles. The van der Waals surface area contributed by atoms with E-state index in [2.05, 4.69) is 25.4 Å². The molecule has 0 spiro atoms. The second-order valence-electron chi connectivity index (χ2n) is 9.55. The van der Waals surface area contributed by atoms with Gasteiger partial charge >= 0.3 is 6.18 Å². The number of aromatic nitrogens is 7. The fraction of sp³-hybridized carbons (Fsp3) is 0.280. The van der Waals surface area contributed by atoms with E-state index < -0.39 is 17.3 Å². The van der Waals surface area contributed by atoms with Crippen LogP contribution < -0.4 is 20.5 Å². The largest absolute Gasteiger partial charge is 0.452 e. The average Bonchev–Trinajstić information content (AvgIpc) is 3.63. The summed E-state index contributed by atoms with van der Waals surface area (Å²) in [5.41, 5.74) is -0.554. The first-order valence-corrected chi connectivity index (χ1v) is 12.2. The van der Waals surface area contributed by atoms with Gasteiger partial charge in [-0.2, -0.15) is 23.3 Å². The Hall–Kier alpha value is -4.95. The number of carbonyl (C=O) groups excluding carboxylic acids is 1. The summed E-state index contributed by atoms with van der Waals surface area (Å²) in [4.78, 5) is 39.3. The third-order valence-electron chi connectivity index (χ3n) is 6.65. The van der Waals surface area contributed by atoms with Gasteiger partial charge in [-0.3, -0.25) is 14.5 Å². The molecule has 0 saturated heterocycles. The molecule has 1 aliphatic carbocycles. The molecule has 1 fully saturated rings. The molecule has 206 valence electrons. The van der Waals surface area contributed by atoms with E-state index in [4.69, 9.17) is 4.74 Å². The van der Waals surface area contributed by atoms with Crippen molar-refractivity contribution in [2.24, 2.45) is 20.0 Å². The van der Waals surface area contributed by atoms with Crippen LogP contribution in [0.5, 0.6) is 11.5 Å². The van der Waals surface area contributed by atoms with Gasteiger partial charge in [0.2, 0.25) is 11.9 Å². The molecule has 12 nitrogen and oxygen atoms in total. The van der Waals surface area contributed by atoms with Crippen LogP contribution >= 0.6 is 0 Å². The minimum Gasteiger partial charge on any atom is -0.452 e. The summed E-state index contributed by atoms with van der Waals surface area (Å²) in [6, 6.07) is 2.39. The van der Waals surface area contributed by atoms with Crippen molar-refractivity contribution in [3.05, 3.63) is 59.0 Å². The molecule has 5 heterocycles. The Balaban J connectivity index is 1.27. The average molecular weight is 554 g/mol. The molecule has 0 unspecified atom stereocenters. The number of fused-ring (bicyclic) bond motifs is 2. The Morgan fingerprint density at radius 1 is 1.10 bits per heavy atom. The van der Waals surface area contributed by atoms with Crippen molar-refractivity contribution in [3.63, 3.8) is 0 Å². The molecular weight excluding hydrogens is 531 g/mol. The number of amides is 1. The monoisotopic (exact) mass is 553 g/mol. The van der Waals surface area contributed by atoms with E-state index in [1.54, 1.807) is 41.6 Å². The van der Waals surface area contributed by atoms with Crippen molar-refractivity contribution in [2.45, 2.75) is 19.0 Å². The minimum absolute atomic E-state index is 0.0216. The van der Waals surface area contributed by atoms with Crippen molar-refractivity contribution in [1.29, 1.82) is 0 Å². The lowest BCUT2D eigenvalue weighted by atomic mass is 10.2. The van der Waals surface area contributed by atoms with Crippen molar-refractivity contribution < 1.29 is 22.7 Å². The van der Waals surface area contributed by atoms with Gasteiger partial charge in [0.05, 0.1) is 35.9 Å². The summed E-state index contributed by atoms with van der Waals surface area (Å²) in [5.74, 6) is 1.40. The molecule has 15 heteroatoms. The summed E-state index contributed by atoms with van der Waals surface area (Å²) < 4.78 is 49.8. The van der Waals surface area contributed by atoms with E-state index in [0.717, 1.165) is 29.7 Å². The standard InChI is InChI=1S/C25H22F3N9O3/c1-34-11-14(25(26,27)28)6-16(23(34)39)32-24-33-21-17(35(24)2)7-15(8-30-21)40-19-10-31-37-12-20(29-9-18(19)37)36(3)22(38)13-4-5-13/h6-13H,4-5H2,1-3H3,(H,30,32,33). The zero-order valence-electron chi connectivity index (χ0n) is 21.5. The van der Waals surface area contributed by atoms with Crippen LogP contribution in [0.4, 0.5) is 30.6 Å². The van der Waals surface area contributed by atoms with E-state index in [1.165, 1.54) is 24.3 Å². The normalized spacial score (nSPS) is 13.7. The van der Waals surface area contributed by atoms with Crippen LogP contribution in [0.25, 0.3) is 16.7 Å². The topological polar surface area (TPSA) is 124 Å². The van der Waals surface area contributed by atoms with Crippen molar-refractivity contribution in [2.75, 3.05) is 17.3 Å². The quantitative estimate of drug-likeness (QED) is 0.338. The van der Waals surface area contributed by atoms with Crippen LogP contribution in [0.2, 0.25) is 0 Å². The number of nitrogens with zero attached hydrogens (tertiary/aromatic N) is 8. The molecule has 0 atom stereocenters. The highest BCUT2D eigenvalue weighted by Gasteiger charge is 2.33. The number of nitrogens with one attached hydrogen (secondary N) is 1. The number of aryl methyl sites for hydroxylation is 2. The SMILES string of the molecule is CN(C(=O)C1CC1)c1cn2ncc(Oc3cnc4nc(Nc5cc(C(F)(F)F)cn(C)c5=O)n(C)c4c3)c2cn1. The number of hydrogen-bond acceptors (Lipinski definition) is 8. The van der Waals surface area contributed by atoms with Crippen LogP contribution in [-0.2, 0) is 25.1 Å². The number of rotatable bonds is 6. The summed E-state index contributed by atoms with van der Waals surface area (Å²) in [6.45, 7) is 0. The van der Waals surface area contributed by atoms with E-state index in [1.807, 2.05) is 0 Å². The minimum atomic E-state index is -4.62. The highest BCUT2D eigenvalue weighted by Crippen LogP contribution is 2.33. The fourth-order valence-corrected chi connectivity index (χ4v) is 4.24. The number of carbonyl (C=O) groups is 1. The molecule has 1 saturated carbocycles. The van der Waals surface area contributed by atoms with Crippen molar-refractivity contribution >= 4 is 40.0 Å². The van der Waals surface area contributed by atoms with Gasteiger partial charge in [0.25, 0.3) is 5.56 Å². The Morgan fingerprint density at radius 2 is 1.88 bits per heavy atom. The molecule has 40 heavy (non-hydrogen) atoms. The lowest BCUT2D eigenvalue weighted by molar-refractivity contribution is -0.138. The molecular formula is C25H22F3N9O3. The van der Waals surface area contributed by atoms with Gasteiger partial charge in [-0.05, 0) is 18.9 Å². The molecule has 0 aliphatic heterocycles. The number of imidazole rings is 1. The zero-order chi connectivity index (χ0) is 28.3. The van der Waals surface area contributed by atoms with Gasteiger partial charge in [0, 0.05) is 39.3 Å². The highest BCUT2D eigenvalue weighted by molar-refractivity contribution is 5.95. The molecule has 1 aliphatic rings. The Labute approximate surface area is 223 Å². The lowest BCUT2D eigenvalue weighted by Gasteiger charge is -2.15. The number of anilines is 3. The van der Waals surface area contributed by atoms with E-state index in [9.17, 15) is 22.8 Å². The molecule has 0 aromatic carbocycles. The Morgan fingerprint density at radius 3 is 2.60 bits per heavy atom. The van der Waals surface area contributed by atoms with E-state index in [0.29, 0.717) is 28.4 Å². The van der Waals surface area contributed by atoms with Crippen LogP contribution in [0.1, 0.15) is 18.4 Å². The van der Waals surface area contributed by atoms with Crippen LogP contribution in [0, 0.1) is 5.92 Å². The van der Waals surface area contributed by atoms with Gasteiger partial charge in [-0.25, -0.2) is 14.5 Å². The van der Waals surface area contributed by atoms with Gasteiger partial charge < -0.3 is 19.2 Å². The second kappa shape index (κ2) is 9.07.